The third kappa shape index (κ3) is 4.48. The van der Waals surface area contributed by atoms with Gasteiger partial charge in [0.05, 0.1) is 11.7 Å². The number of hydrogen-bond acceptors (Lipinski definition) is 10. The highest BCUT2D eigenvalue weighted by atomic mass is 32.2. The first-order chi connectivity index (χ1) is 12.9. The van der Waals surface area contributed by atoms with E-state index in [9.17, 15) is 19.7 Å². The Hall–Kier alpha value is -1.96. The lowest BCUT2D eigenvalue weighted by Gasteiger charge is -2.29. The van der Waals surface area contributed by atoms with Crippen LogP contribution in [0.1, 0.15) is 15.9 Å². The van der Waals surface area contributed by atoms with Gasteiger partial charge in [0, 0.05) is 4.90 Å². The van der Waals surface area contributed by atoms with Gasteiger partial charge >= 0.3 is 13.1 Å². The van der Waals surface area contributed by atoms with E-state index in [1.165, 1.54) is 11.8 Å². The minimum absolute atomic E-state index is 0.0702. The number of nitrogens with two attached hydrogens (primary N) is 1. The first kappa shape index (κ1) is 19.8. The predicted molar refractivity (Wildman–Crippen MR) is 104 cm³/mol. The van der Waals surface area contributed by atoms with E-state index in [0.29, 0.717) is 14.8 Å². The second kappa shape index (κ2) is 8.38. The van der Waals surface area contributed by atoms with Crippen molar-refractivity contribution in [2.45, 2.75) is 21.6 Å². The molecule has 2 aromatic rings. The summed E-state index contributed by atoms with van der Waals surface area (Å²) in [5.74, 6) is -1.72. The van der Waals surface area contributed by atoms with E-state index >= 15 is 0 Å². The van der Waals surface area contributed by atoms with Gasteiger partial charge in [0.1, 0.15) is 11.3 Å². The molecule has 1 aliphatic heterocycles. The van der Waals surface area contributed by atoms with E-state index in [2.05, 4.69) is 15.5 Å². The van der Waals surface area contributed by atoms with Crippen LogP contribution in [-0.4, -0.2) is 57.3 Å². The van der Waals surface area contributed by atoms with Gasteiger partial charge in [-0.15, -0.1) is 10.2 Å². The highest BCUT2D eigenvalue weighted by Crippen LogP contribution is 2.40. The largest absolute Gasteiger partial charge is 0.547 e. The Morgan fingerprint density at radius 2 is 2.26 bits per heavy atom. The summed E-state index contributed by atoms with van der Waals surface area (Å²) in [6, 6.07) is 3.36. The standard InChI is InChI=1S/C14H15BN4O5S3/c1-25-5-9(20)17-8-4-6-2-3-7(26-14-19-18-13(16)27-14)10(12(21)22)11(6)24-15(8)23/h2-3,8,23H,4-5H2,1H3,(H2,16,18)(H,17,20)(H,21,22). The van der Waals surface area contributed by atoms with Crippen LogP contribution >= 0.6 is 34.9 Å². The second-order valence-electron chi connectivity index (χ2n) is 5.56. The molecule has 1 aromatic heterocycles. The normalized spacial score (nSPS) is 15.8. The smallest absolute Gasteiger partial charge is 0.534 e. The number of rotatable bonds is 6. The molecule has 2 heterocycles. The van der Waals surface area contributed by atoms with E-state index in [4.69, 9.17) is 10.4 Å². The lowest BCUT2D eigenvalue weighted by molar-refractivity contribution is -0.118. The maximum absolute atomic E-state index is 11.8. The number of amides is 1. The van der Waals surface area contributed by atoms with E-state index in [1.54, 1.807) is 18.4 Å². The molecule has 9 nitrogen and oxygen atoms in total. The molecule has 142 valence electrons. The molecule has 0 spiro atoms. The Kier molecular flexibility index (Phi) is 6.14. The van der Waals surface area contributed by atoms with Gasteiger partial charge in [-0.1, -0.05) is 29.2 Å². The van der Waals surface area contributed by atoms with Crippen molar-refractivity contribution in [3.8, 4) is 5.75 Å². The van der Waals surface area contributed by atoms with Gasteiger partial charge in [0.2, 0.25) is 11.0 Å². The average molecular weight is 426 g/mol. The summed E-state index contributed by atoms with van der Waals surface area (Å²) in [7, 11) is -1.35. The molecule has 1 aromatic carbocycles. The molecular formula is C14H15BN4O5S3. The number of nitrogens with one attached hydrogen (secondary N) is 1. The van der Waals surface area contributed by atoms with Crippen molar-refractivity contribution in [3.05, 3.63) is 23.3 Å². The highest BCUT2D eigenvalue weighted by molar-refractivity contribution is 8.01. The number of nitrogen functional groups attached to an aromatic ring is 1. The summed E-state index contributed by atoms with van der Waals surface area (Å²) in [6.07, 6.45) is 2.06. The van der Waals surface area contributed by atoms with Crippen molar-refractivity contribution in [1.82, 2.24) is 15.5 Å². The van der Waals surface area contributed by atoms with Crippen LogP contribution in [0.15, 0.2) is 21.4 Å². The number of carboxylic acid groups (broad SMARTS) is 1. The molecule has 27 heavy (non-hydrogen) atoms. The first-order valence-corrected chi connectivity index (χ1v) is 10.7. The van der Waals surface area contributed by atoms with Gasteiger partial charge in [0.25, 0.3) is 0 Å². The first-order valence-electron chi connectivity index (χ1n) is 7.68. The molecule has 1 atom stereocenters. The lowest BCUT2D eigenvalue weighted by Crippen LogP contribution is -2.53. The second-order valence-corrected chi connectivity index (χ2v) is 8.72. The number of carbonyl (C=O) groups is 2. The Bertz CT molecular complexity index is 880. The average Bonchev–Trinajstić information content (AvgIpc) is 3.00. The summed E-state index contributed by atoms with van der Waals surface area (Å²) < 4.78 is 5.98. The minimum atomic E-state index is -1.35. The van der Waals surface area contributed by atoms with Gasteiger partial charge in [-0.2, -0.15) is 11.8 Å². The van der Waals surface area contributed by atoms with Crippen molar-refractivity contribution < 1.29 is 24.4 Å². The van der Waals surface area contributed by atoms with Crippen molar-refractivity contribution >= 4 is 59.0 Å². The van der Waals surface area contributed by atoms with Crippen molar-refractivity contribution in [1.29, 1.82) is 0 Å². The third-order valence-corrected chi connectivity index (χ3v) is 6.09. The number of nitrogens with zero attached hydrogens (tertiary/aromatic N) is 2. The summed E-state index contributed by atoms with van der Waals surface area (Å²) >= 11 is 3.61. The van der Waals surface area contributed by atoms with Crippen LogP contribution in [0.5, 0.6) is 5.75 Å². The molecular weight excluding hydrogens is 411 g/mol. The zero-order valence-corrected chi connectivity index (χ0v) is 16.5. The predicted octanol–water partition coefficient (Wildman–Crippen LogP) is 0.772. The van der Waals surface area contributed by atoms with Crippen LogP contribution in [0.3, 0.4) is 0 Å². The molecule has 5 N–H and O–H groups in total. The van der Waals surface area contributed by atoms with Crippen molar-refractivity contribution in [3.63, 3.8) is 0 Å². The van der Waals surface area contributed by atoms with Crippen LogP contribution in [0.4, 0.5) is 5.13 Å². The van der Waals surface area contributed by atoms with Gasteiger partial charge in [-0.3, -0.25) is 4.79 Å². The summed E-state index contributed by atoms with van der Waals surface area (Å²) in [6.45, 7) is 0. The van der Waals surface area contributed by atoms with Gasteiger partial charge in [0.15, 0.2) is 4.34 Å². The number of aromatic carboxylic acids is 1. The van der Waals surface area contributed by atoms with E-state index < -0.39 is 19.0 Å². The quantitative estimate of drug-likeness (QED) is 0.488. The number of carboxylic acids is 1. The maximum atomic E-state index is 11.8. The fourth-order valence-electron chi connectivity index (χ4n) is 2.59. The van der Waals surface area contributed by atoms with Gasteiger partial charge in [-0.05, 0) is 24.3 Å². The molecule has 0 fully saturated rings. The van der Waals surface area contributed by atoms with Gasteiger partial charge < -0.3 is 25.8 Å². The van der Waals surface area contributed by atoms with E-state index in [0.717, 1.165) is 23.1 Å². The van der Waals surface area contributed by atoms with Crippen LogP contribution in [0, 0.1) is 0 Å². The van der Waals surface area contributed by atoms with E-state index in [1.807, 2.05) is 0 Å². The minimum Gasteiger partial charge on any atom is -0.534 e. The summed E-state index contributed by atoms with van der Waals surface area (Å²) in [4.78, 5) is 24.0. The molecule has 1 amide bonds. The van der Waals surface area contributed by atoms with Gasteiger partial charge in [-0.25, -0.2) is 4.79 Å². The Labute approximate surface area is 167 Å². The van der Waals surface area contributed by atoms with Crippen LogP contribution in [-0.2, 0) is 11.2 Å². The molecule has 0 radical (unpaired) electrons. The highest BCUT2D eigenvalue weighted by Gasteiger charge is 2.38. The topological polar surface area (TPSA) is 148 Å². The number of aromatic nitrogens is 2. The Morgan fingerprint density at radius 1 is 1.48 bits per heavy atom. The zero-order valence-electron chi connectivity index (χ0n) is 14.0. The molecule has 0 bridgehead atoms. The molecule has 0 saturated carbocycles. The van der Waals surface area contributed by atoms with E-state index in [-0.39, 0.29) is 34.5 Å². The molecule has 0 aliphatic carbocycles. The summed E-state index contributed by atoms with van der Waals surface area (Å²) in [5.41, 5.74) is 6.08. The number of thioether (sulfide) groups is 1. The monoisotopic (exact) mass is 426 g/mol. The fraction of sp³-hybridized carbons (Fsp3) is 0.286. The lowest BCUT2D eigenvalue weighted by atomic mass is 9.72. The number of hydrogen-bond donors (Lipinski definition) is 4. The number of carbonyl (C=O) groups excluding carboxylic acids is 1. The third-order valence-electron chi connectivity index (χ3n) is 3.68. The van der Waals surface area contributed by atoms with Crippen LogP contribution in [0.2, 0.25) is 0 Å². The van der Waals surface area contributed by atoms with Crippen molar-refractivity contribution in [2.24, 2.45) is 0 Å². The Balaban J connectivity index is 1.89. The Morgan fingerprint density at radius 3 is 2.89 bits per heavy atom. The van der Waals surface area contributed by atoms with Crippen LogP contribution < -0.4 is 15.7 Å². The molecule has 1 unspecified atom stereocenters. The number of anilines is 1. The number of fused-ring (bicyclic) bond motifs is 1. The van der Waals surface area contributed by atoms with Crippen molar-refractivity contribution in [2.75, 3.05) is 17.7 Å². The number of benzene rings is 1. The maximum Gasteiger partial charge on any atom is 0.547 e. The molecule has 13 heteroatoms. The molecule has 0 saturated heterocycles. The molecule has 1 aliphatic rings. The van der Waals surface area contributed by atoms with Crippen LogP contribution in [0.25, 0.3) is 0 Å². The molecule has 3 rings (SSSR count). The zero-order chi connectivity index (χ0) is 19.6. The fourth-order valence-corrected chi connectivity index (χ4v) is 4.66. The summed E-state index contributed by atoms with van der Waals surface area (Å²) in [5, 5.41) is 30.5. The SMILES string of the molecule is CSCC(=O)NC1Cc2ccc(Sc3nnc(N)s3)c(C(=O)O)c2OB1O.